The molecule has 0 amide bonds. The molecule has 3 aromatic rings. The van der Waals surface area contributed by atoms with Crippen molar-refractivity contribution in [3.8, 4) is 17.0 Å². The fourth-order valence-corrected chi connectivity index (χ4v) is 2.85. The fourth-order valence-electron chi connectivity index (χ4n) is 2.85. The monoisotopic (exact) mass is 400 g/mol. The quantitative estimate of drug-likeness (QED) is 0.658. The van der Waals surface area contributed by atoms with Crippen LogP contribution < -0.4 is 10.3 Å². The van der Waals surface area contributed by atoms with Crippen molar-refractivity contribution in [2.45, 2.75) is 19.4 Å². The molecule has 0 saturated heterocycles. The van der Waals surface area contributed by atoms with Gasteiger partial charge in [-0.2, -0.15) is 5.10 Å². The van der Waals surface area contributed by atoms with Crippen LogP contribution in [0.25, 0.3) is 11.3 Å². The molecule has 150 valence electrons. The van der Waals surface area contributed by atoms with Gasteiger partial charge in [0, 0.05) is 17.5 Å². The summed E-state index contributed by atoms with van der Waals surface area (Å²) < 4.78 is 33.3. The average Bonchev–Trinajstić information content (AvgIpc) is 2.70. The smallest absolute Gasteiger partial charge is 0.303 e. The van der Waals surface area contributed by atoms with Gasteiger partial charge in [0.25, 0.3) is 5.56 Å². The lowest BCUT2D eigenvalue weighted by Gasteiger charge is -2.11. The fraction of sp³-hybridized carbons (Fsp3) is 0.190. The minimum absolute atomic E-state index is 0.00570. The highest BCUT2D eigenvalue weighted by atomic mass is 19.1. The molecule has 1 N–H and O–H groups in total. The molecule has 3 rings (SSSR count). The summed E-state index contributed by atoms with van der Waals surface area (Å²) in [4.78, 5) is 23.7. The van der Waals surface area contributed by atoms with Gasteiger partial charge in [0.15, 0.2) is 11.6 Å². The number of methoxy groups -OCH3 is 1. The Morgan fingerprint density at radius 2 is 1.86 bits per heavy atom. The molecule has 0 atom stereocenters. The van der Waals surface area contributed by atoms with Gasteiger partial charge in [-0.15, -0.1) is 0 Å². The molecule has 1 heterocycles. The zero-order chi connectivity index (χ0) is 21.0. The topological polar surface area (TPSA) is 81.4 Å². The van der Waals surface area contributed by atoms with E-state index in [1.807, 2.05) is 0 Å². The van der Waals surface area contributed by atoms with Gasteiger partial charge in [0.2, 0.25) is 0 Å². The zero-order valence-corrected chi connectivity index (χ0v) is 15.6. The maximum absolute atomic E-state index is 14.1. The first-order valence-corrected chi connectivity index (χ1v) is 8.78. The molecule has 0 spiro atoms. The van der Waals surface area contributed by atoms with E-state index in [0.717, 1.165) is 0 Å². The van der Waals surface area contributed by atoms with Crippen LogP contribution in [0.1, 0.15) is 17.5 Å². The van der Waals surface area contributed by atoms with Crippen molar-refractivity contribution < 1.29 is 23.4 Å². The number of halogens is 2. The van der Waals surface area contributed by atoms with Gasteiger partial charge >= 0.3 is 5.97 Å². The lowest BCUT2D eigenvalue weighted by Crippen LogP contribution is -2.27. The second-order valence-corrected chi connectivity index (χ2v) is 6.39. The number of hydrogen-bond acceptors (Lipinski definition) is 4. The number of carboxylic acids is 1. The Balaban J connectivity index is 2.06. The van der Waals surface area contributed by atoms with Crippen molar-refractivity contribution in [1.29, 1.82) is 0 Å². The van der Waals surface area contributed by atoms with Gasteiger partial charge in [-0.1, -0.05) is 12.1 Å². The first kappa shape index (κ1) is 20.2. The number of nitrogens with zero attached hydrogens (tertiary/aromatic N) is 2. The molecular formula is C21H18F2N2O4. The molecule has 0 radical (unpaired) electrons. The van der Waals surface area contributed by atoms with Crippen molar-refractivity contribution in [3.05, 3.63) is 81.6 Å². The van der Waals surface area contributed by atoms with E-state index < -0.39 is 23.2 Å². The van der Waals surface area contributed by atoms with Gasteiger partial charge in [-0.05, 0) is 48.4 Å². The molecule has 0 aliphatic carbocycles. The average molecular weight is 400 g/mol. The Morgan fingerprint density at radius 1 is 1.14 bits per heavy atom. The van der Waals surface area contributed by atoms with Gasteiger partial charge in [0.1, 0.15) is 5.82 Å². The van der Waals surface area contributed by atoms with E-state index in [1.165, 1.54) is 54.3 Å². The molecule has 0 bridgehead atoms. The zero-order valence-electron chi connectivity index (χ0n) is 15.6. The summed E-state index contributed by atoms with van der Waals surface area (Å²) in [6.45, 7) is 0.0612. The number of aliphatic carboxylic acids is 1. The highest BCUT2D eigenvalue weighted by molar-refractivity contribution is 5.67. The van der Waals surface area contributed by atoms with Crippen molar-refractivity contribution >= 4 is 5.97 Å². The first-order valence-electron chi connectivity index (χ1n) is 8.78. The molecule has 29 heavy (non-hydrogen) atoms. The maximum Gasteiger partial charge on any atom is 0.303 e. The summed E-state index contributed by atoms with van der Waals surface area (Å²) in [7, 11) is 1.35. The van der Waals surface area contributed by atoms with Crippen LogP contribution in [0.2, 0.25) is 0 Å². The van der Waals surface area contributed by atoms with Crippen molar-refractivity contribution in [2.75, 3.05) is 7.11 Å². The number of carboxylic acid groups (broad SMARTS) is 1. The van der Waals surface area contributed by atoms with Crippen molar-refractivity contribution in [3.63, 3.8) is 0 Å². The number of ether oxygens (including phenoxy) is 1. The normalized spacial score (nSPS) is 10.7. The highest BCUT2D eigenvalue weighted by Crippen LogP contribution is 2.24. The third-order valence-electron chi connectivity index (χ3n) is 4.35. The second-order valence-electron chi connectivity index (χ2n) is 6.39. The largest absolute Gasteiger partial charge is 0.494 e. The van der Waals surface area contributed by atoms with Gasteiger partial charge < -0.3 is 9.84 Å². The minimum atomic E-state index is -1.04. The van der Waals surface area contributed by atoms with Crippen LogP contribution in [-0.4, -0.2) is 28.0 Å². The minimum Gasteiger partial charge on any atom is -0.494 e. The second kappa shape index (κ2) is 8.64. The van der Waals surface area contributed by atoms with Gasteiger partial charge in [-0.25, -0.2) is 13.5 Å². The Kier molecular flexibility index (Phi) is 6.01. The first-order chi connectivity index (χ1) is 13.9. The van der Waals surface area contributed by atoms with Crippen molar-refractivity contribution in [1.82, 2.24) is 9.78 Å². The molecule has 0 aliphatic rings. The number of benzene rings is 2. The van der Waals surface area contributed by atoms with E-state index in [4.69, 9.17) is 9.84 Å². The van der Waals surface area contributed by atoms with E-state index >= 15 is 0 Å². The number of aromatic nitrogens is 2. The van der Waals surface area contributed by atoms with Crippen LogP contribution in [0.4, 0.5) is 8.78 Å². The number of aryl methyl sites for hydroxylation is 1. The van der Waals surface area contributed by atoms with Crippen molar-refractivity contribution in [2.24, 2.45) is 0 Å². The molecule has 0 unspecified atom stereocenters. The Morgan fingerprint density at radius 3 is 2.48 bits per heavy atom. The lowest BCUT2D eigenvalue weighted by molar-refractivity contribution is -0.136. The highest BCUT2D eigenvalue weighted by Gasteiger charge is 2.14. The Labute approximate surface area is 165 Å². The van der Waals surface area contributed by atoms with E-state index in [-0.39, 0.29) is 30.7 Å². The third kappa shape index (κ3) is 4.84. The predicted molar refractivity (Wildman–Crippen MR) is 102 cm³/mol. The summed E-state index contributed by atoms with van der Waals surface area (Å²) in [5, 5.41) is 13.3. The lowest BCUT2D eigenvalue weighted by atomic mass is 10.1. The summed E-state index contributed by atoms with van der Waals surface area (Å²) >= 11 is 0. The van der Waals surface area contributed by atoms with Crippen LogP contribution in [0, 0.1) is 11.6 Å². The van der Waals surface area contributed by atoms with Crippen LogP contribution in [0.5, 0.6) is 5.75 Å². The Hall–Kier alpha value is -3.55. The Bertz CT molecular complexity index is 1090. The molecule has 6 nitrogen and oxygen atoms in total. The molecule has 8 heteroatoms. The third-order valence-corrected chi connectivity index (χ3v) is 4.35. The molecule has 0 aliphatic heterocycles. The van der Waals surface area contributed by atoms with E-state index in [1.54, 1.807) is 6.07 Å². The van der Waals surface area contributed by atoms with Gasteiger partial charge in [0.05, 0.1) is 19.3 Å². The molecule has 0 fully saturated rings. The summed E-state index contributed by atoms with van der Waals surface area (Å²) in [5.74, 6) is -1.96. The predicted octanol–water partition coefficient (Wildman–Crippen LogP) is 3.26. The van der Waals surface area contributed by atoms with Crippen LogP contribution in [0.3, 0.4) is 0 Å². The molecule has 1 aromatic heterocycles. The van der Waals surface area contributed by atoms with E-state index in [9.17, 15) is 18.4 Å². The SMILES string of the molecule is COc1ccc(-c2cc(CCC(=O)O)c(=O)n(Cc3ccc(F)cc3)n2)cc1F. The molecule has 0 saturated carbocycles. The number of rotatable bonds is 7. The maximum atomic E-state index is 14.1. The standard InChI is InChI=1S/C21H18F2N2O4/c1-29-19-8-4-14(10-17(19)23)18-11-15(5-9-20(26)27)21(28)25(24-18)12-13-2-6-16(22)7-3-13/h2-4,6-8,10-11H,5,9,12H2,1H3,(H,26,27). The van der Waals surface area contributed by atoms with Crippen LogP contribution in [0.15, 0.2) is 53.3 Å². The molecular weight excluding hydrogens is 382 g/mol. The van der Waals surface area contributed by atoms with E-state index in [0.29, 0.717) is 16.8 Å². The van der Waals surface area contributed by atoms with Gasteiger partial charge in [-0.3, -0.25) is 9.59 Å². The summed E-state index contributed by atoms with van der Waals surface area (Å²) in [5.41, 5.74) is 1.16. The number of carbonyl (C=O) groups is 1. The summed E-state index contributed by atoms with van der Waals surface area (Å²) in [6, 6.07) is 11.3. The van der Waals surface area contributed by atoms with Crippen LogP contribution in [-0.2, 0) is 17.8 Å². The summed E-state index contributed by atoms with van der Waals surface area (Å²) in [6.07, 6.45) is -0.224. The number of hydrogen-bond donors (Lipinski definition) is 1. The van der Waals surface area contributed by atoms with Crippen LogP contribution >= 0.6 is 0 Å². The van der Waals surface area contributed by atoms with E-state index in [2.05, 4.69) is 5.10 Å². The molecule has 2 aromatic carbocycles.